The molecule has 23 heavy (non-hydrogen) atoms. The van der Waals surface area contributed by atoms with Crippen LogP contribution in [0.1, 0.15) is 35.3 Å². The third-order valence-electron chi connectivity index (χ3n) is 3.48. The number of nitrogens with one attached hydrogen (secondary N) is 1. The van der Waals surface area contributed by atoms with Crippen LogP contribution in [0.3, 0.4) is 0 Å². The van der Waals surface area contributed by atoms with E-state index in [1.165, 1.54) is 12.1 Å². The molecule has 1 atom stereocenters. The summed E-state index contributed by atoms with van der Waals surface area (Å²) in [5.74, 6) is 0. The SMILES string of the molecule is C=C(NC(C)c1ccc(C)cn1)c1ccc(CC(F)(F)F)cc1. The predicted octanol–water partition coefficient (Wildman–Crippen LogP) is 4.82. The molecule has 0 amide bonds. The Morgan fingerprint density at radius 2 is 1.83 bits per heavy atom. The second kappa shape index (κ2) is 6.86. The van der Waals surface area contributed by atoms with Crippen LogP contribution in [0.5, 0.6) is 0 Å². The van der Waals surface area contributed by atoms with Crippen molar-refractivity contribution in [2.24, 2.45) is 0 Å². The van der Waals surface area contributed by atoms with Gasteiger partial charge in [-0.05, 0) is 36.6 Å². The lowest BCUT2D eigenvalue weighted by atomic mass is 10.1. The minimum Gasteiger partial charge on any atom is -0.377 e. The van der Waals surface area contributed by atoms with Gasteiger partial charge in [-0.15, -0.1) is 0 Å². The van der Waals surface area contributed by atoms with E-state index in [2.05, 4.69) is 16.9 Å². The molecule has 0 aliphatic heterocycles. The average molecular weight is 320 g/mol. The number of benzene rings is 1. The van der Waals surface area contributed by atoms with Crippen molar-refractivity contribution in [3.63, 3.8) is 0 Å². The summed E-state index contributed by atoms with van der Waals surface area (Å²) in [5.41, 5.74) is 3.61. The zero-order valence-corrected chi connectivity index (χ0v) is 13.1. The zero-order chi connectivity index (χ0) is 17.0. The Kier molecular flexibility index (Phi) is 5.08. The van der Waals surface area contributed by atoms with Crippen LogP contribution in [0, 0.1) is 6.92 Å². The second-order valence-corrected chi connectivity index (χ2v) is 5.59. The molecule has 0 fully saturated rings. The van der Waals surface area contributed by atoms with Crippen LogP contribution >= 0.6 is 0 Å². The molecule has 122 valence electrons. The molecule has 2 rings (SSSR count). The molecule has 1 aromatic heterocycles. The van der Waals surface area contributed by atoms with Gasteiger partial charge in [0.05, 0.1) is 18.2 Å². The quantitative estimate of drug-likeness (QED) is 0.854. The predicted molar refractivity (Wildman–Crippen MR) is 85.8 cm³/mol. The van der Waals surface area contributed by atoms with Crippen molar-refractivity contribution in [2.45, 2.75) is 32.5 Å². The molecular formula is C18H19F3N2. The summed E-state index contributed by atoms with van der Waals surface area (Å²) >= 11 is 0. The lowest BCUT2D eigenvalue weighted by Crippen LogP contribution is -2.17. The van der Waals surface area contributed by atoms with E-state index in [4.69, 9.17) is 0 Å². The molecule has 2 aromatic rings. The number of alkyl halides is 3. The van der Waals surface area contributed by atoms with E-state index in [1.807, 2.05) is 26.0 Å². The van der Waals surface area contributed by atoms with E-state index in [1.54, 1.807) is 18.3 Å². The van der Waals surface area contributed by atoms with E-state index in [-0.39, 0.29) is 11.6 Å². The molecule has 1 aromatic carbocycles. The molecule has 0 radical (unpaired) electrons. The Hall–Kier alpha value is -2.30. The minimum atomic E-state index is -4.19. The van der Waals surface area contributed by atoms with Gasteiger partial charge in [-0.2, -0.15) is 13.2 Å². The lowest BCUT2D eigenvalue weighted by molar-refractivity contribution is -0.127. The van der Waals surface area contributed by atoms with Crippen LogP contribution in [-0.4, -0.2) is 11.2 Å². The van der Waals surface area contributed by atoms with E-state index >= 15 is 0 Å². The van der Waals surface area contributed by atoms with Crippen molar-refractivity contribution >= 4 is 5.70 Å². The molecule has 0 aliphatic carbocycles. The van der Waals surface area contributed by atoms with Crippen LogP contribution in [0.4, 0.5) is 13.2 Å². The van der Waals surface area contributed by atoms with E-state index in [0.29, 0.717) is 5.70 Å². The van der Waals surface area contributed by atoms with Gasteiger partial charge in [-0.3, -0.25) is 4.98 Å². The molecule has 0 aliphatic rings. The van der Waals surface area contributed by atoms with Gasteiger partial charge in [0.2, 0.25) is 0 Å². The Balaban J connectivity index is 2.01. The van der Waals surface area contributed by atoms with Gasteiger partial charge in [0.15, 0.2) is 0 Å². The lowest BCUT2D eigenvalue weighted by Gasteiger charge is -2.17. The Bertz CT molecular complexity index is 658. The molecule has 1 N–H and O–H groups in total. The number of hydrogen-bond acceptors (Lipinski definition) is 2. The molecule has 5 heteroatoms. The van der Waals surface area contributed by atoms with Gasteiger partial charge in [-0.1, -0.05) is 36.9 Å². The molecule has 1 unspecified atom stereocenters. The molecule has 1 heterocycles. The summed E-state index contributed by atoms with van der Waals surface area (Å²) in [6.07, 6.45) is -3.32. The summed E-state index contributed by atoms with van der Waals surface area (Å²) in [5, 5.41) is 3.22. The summed E-state index contributed by atoms with van der Waals surface area (Å²) in [6.45, 7) is 7.88. The maximum Gasteiger partial charge on any atom is 0.393 e. The largest absolute Gasteiger partial charge is 0.393 e. The van der Waals surface area contributed by atoms with E-state index in [9.17, 15) is 13.2 Å². The highest BCUT2D eigenvalue weighted by molar-refractivity contribution is 5.62. The fourth-order valence-corrected chi connectivity index (χ4v) is 2.21. The average Bonchev–Trinajstić information content (AvgIpc) is 2.46. The number of halogens is 3. The maximum atomic E-state index is 12.4. The van der Waals surface area contributed by atoms with Crippen LogP contribution in [0.25, 0.3) is 5.70 Å². The normalized spacial score (nSPS) is 12.7. The maximum absolute atomic E-state index is 12.4. The van der Waals surface area contributed by atoms with Crippen LogP contribution in [-0.2, 0) is 6.42 Å². The number of nitrogens with zero attached hydrogens (tertiary/aromatic N) is 1. The standard InChI is InChI=1S/C18H19F3N2/c1-12-4-9-17(22-11-12)14(3)23-13(2)16-7-5-15(6-8-16)10-18(19,20)21/h4-9,11,14,23H,2,10H2,1,3H3. The molecule has 0 bridgehead atoms. The molecule has 0 spiro atoms. The number of aromatic nitrogens is 1. The van der Waals surface area contributed by atoms with Crippen molar-refractivity contribution in [3.05, 3.63) is 71.6 Å². The van der Waals surface area contributed by atoms with Crippen molar-refractivity contribution in [3.8, 4) is 0 Å². The van der Waals surface area contributed by atoms with Crippen LogP contribution < -0.4 is 5.32 Å². The topological polar surface area (TPSA) is 24.9 Å². The van der Waals surface area contributed by atoms with Gasteiger partial charge in [0.1, 0.15) is 0 Å². The van der Waals surface area contributed by atoms with Gasteiger partial charge < -0.3 is 5.32 Å². The first kappa shape index (κ1) is 17.1. The summed E-state index contributed by atoms with van der Waals surface area (Å²) in [7, 11) is 0. The van der Waals surface area contributed by atoms with Crippen molar-refractivity contribution < 1.29 is 13.2 Å². The van der Waals surface area contributed by atoms with Gasteiger partial charge in [0.25, 0.3) is 0 Å². The van der Waals surface area contributed by atoms with Gasteiger partial charge >= 0.3 is 6.18 Å². The monoisotopic (exact) mass is 320 g/mol. The van der Waals surface area contributed by atoms with Gasteiger partial charge in [0, 0.05) is 11.9 Å². The second-order valence-electron chi connectivity index (χ2n) is 5.59. The van der Waals surface area contributed by atoms with Gasteiger partial charge in [-0.25, -0.2) is 0 Å². The highest BCUT2D eigenvalue weighted by atomic mass is 19.4. The highest BCUT2D eigenvalue weighted by Gasteiger charge is 2.27. The number of hydrogen-bond donors (Lipinski definition) is 1. The first-order valence-electron chi connectivity index (χ1n) is 7.28. The number of pyridine rings is 1. The molecule has 0 saturated carbocycles. The Morgan fingerprint density at radius 1 is 1.17 bits per heavy atom. The summed E-state index contributed by atoms with van der Waals surface area (Å²) < 4.78 is 37.1. The molecule has 2 nitrogen and oxygen atoms in total. The summed E-state index contributed by atoms with van der Waals surface area (Å²) in [6, 6.07) is 10.1. The van der Waals surface area contributed by atoms with Crippen LogP contribution in [0.2, 0.25) is 0 Å². The minimum absolute atomic E-state index is 0.0436. The highest BCUT2D eigenvalue weighted by Crippen LogP contribution is 2.23. The Morgan fingerprint density at radius 3 is 2.35 bits per heavy atom. The number of aryl methyl sites for hydroxylation is 1. The first-order valence-corrected chi connectivity index (χ1v) is 7.28. The fourth-order valence-electron chi connectivity index (χ4n) is 2.21. The molecule has 0 saturated heterocycles. The fraction of sp³-hybridized carbons (Fsp3) is 0.278. The third kappa shape index (κ3) is 5.13. The molecular weight excluding hydrogens is 301 g/mol. The first-order chi connectivity index (χ1) is 10.7. The third-order valence-corrected chi connectivity index (χ3v) is 3.48. The zero-order valence-electron chi connectivity index (χ0n) is 13.1. The summed E-state index contributed by atoms with van der Waals surface area (Å²) in [4.78, 5) is 4.35. The van der Waals surface area contributed by atoms with E-state index < -0.39 is 12.6 Å². The van der Waals surface area contributed by atoms with E-state index in [0.717, 1.165) is 16.8 Å². The van der Waals surface area contributed by atoms with Crippen molar-refractivity contribution in [1.82, 2.24) is 10.3 Å². The Labute approximate surface area is 134 Å². The smallest absolute Gasteiger partial charge is 0.377 e. The number of rotatable bonds is 5. The van der Waals surface area contributed by atoms with Crippen LogP contribution in [0.15, 0.2) is 49.2 Å². The van der Waals surface area contributed by atoms with Crippen molar-refractivity contribution in [1.29, 1.82) is 0 Å². The van der Waals surface area contributed by atoms with Crippen molar-refractivity contribution in [2.75, 3.05) is 0 Å².